The zero-order valence-electron chi connectivity index (χ0n) is 38.1. The quantitative estimate of drug-likeness (QED) is 0.173. The van der Waals surface area contributed by atoms with Crippen molar-refractivity contribution in [3.05, 3.63) is 205 Å². The highest BCUT2D eigenvalue weighted by Crippen LogP contribution is 2.41. The van der Waals surface area contributed by atoms with Crippen LogP contribution in [0.3, 0.4) is 0 Å². The summed E-state index contributed by atoms with van der Waals surface area (Å²) in [6.45, 7) is 13.6. The summed E-state index contributed by atoms with van der Waals surface area (Å²) in [5.74, 6) is 0.190. The number of hydrogen-bond acceptors (Lipinski definition) is 4. The van der Waals surface area contributed by atoms with Gasteiger partial charge in [-0.05, 0) is 123 Å². The first-order valence-electron chi connectivity index (χ1n) is 22.5. The van der Waals surface area contributed by atoms with Crippen molar-refractivity contribution < 1.29 is 5.11 Å². The number of phenols is 1. The highest BCUT2D eigenvalue weighted by Gasteiger charge is 2.23. The van der Waals surface area contributed by atoms with E-state index in [9.17, 15) is 10.4 Å². The Morgan fingerprint density at radius 3 is 1.82 bits per heavy atom. The summed E-state index contributed by atoms with van der Waals surface area (Å²) in [4.78, 5) is 10.2. The second kappa shape index (κ2) is 16.5. The molecule has 7 aromatic carbocycles. The monoisotopic (exact) mass is 854 g/mol. The van der Waals surface area contributed by atoms with E-state index in [2.05, 4.69) is 186 Å². The molecule has 0 fully saturated rings. The van der Waals surface area contributed by atoms with E-state index in [1.807, 2.05) is 48.7 Å². The molecule has 0 atom stereocenters. The van der Waals surface area contributed by atoms with Crippen LogP contribution in [0, 0.1) is 11.3 Å². The van der Waals surface area contributed by atoms with Crippen molar-refractivity contribution in [3.63, 3.8) is 0 Å². The lowest BCUT2D eigenvalue weighted by Crippen LogP contribution is -2.16. The van der Waals surface area contributed by atoms with Crippen LogP contribution in [-0.2, 0) is 10.8 Å². The molecule has 320 valence electrons. The molecule has 0 bridgehead atoms. The van der Waals surface area contributed by atoms with E-state index < -0.39 is 0 Å². The first-order valence-corrected chi connectivity index (χ1v) is 22.5. The average Bonchev–Trinajstić information content (AvgIpc) is 3.68. The molecule has 3 aromatic heterocycles. The third-order valence-electron chi connectivity index (χ3n) is 12.7. The number of benzene rings is 7. The summed E-state index contributed by atoms with van der Waals surface area (Å²) in [6, 6.07) is 65.1. The first kappa shape index (κ1) is 41.9. The van der Waals surface area contributed by atoms with Crippen LogP contribution in [0.25, 0.3) is 94.6 Å². The number of aromatic hydroxyl groups is 1. The number of fused-ring (bicyclic) bond motifs is 3. The van der Waals surface area contributed by atoms with Crippen molar-refractivity contribution in [3.8, 4) is 84.7 Å². The van der Waals surface area contributed by atoms with Gasteiger partial charge in [-0.15, -0.1) is 0 Å². The summed E-state index contributed by atoms with van der Waals surface area (Å²) in [5.41, 5.74) is 17.7. The molecular weight excluding hydrogens is 805 g/mol. The Balaban J connectivity index is 1.08. The van der Waals surface area contributed by atoms with Crippen LogP contribution in [0.4, 0.5) is 0 Å². The summed E-state index contributed by atoms with van der Waals surface area (Å²) in [6.07, 6.45) is 1.90. The molecule has 0 radical (unpaired) electrons. The van der Waals surface area contributed by atoms with E-state index in [1.165, 1.54) is 21.9 Å². The van der Waals surface area contributed by atoms with Crippen molar-refractivity contribution in [1.82, 2.24) is 14.5 Å². The Hall–Kier alpha value is -8.07. The lowest BCUT2D eigenvalue weighted by molar-refractivity contribution is 0.477. The highest BCUT2D eigenvalue weighted by atomic mass is 16.3. The van der Waals surface area contributed by atoms with Gasteiger partial charge in [0.15, 0.2) is 0 Å². The first-order chi connectivity index (χ1) is 31.8. The Bertz CT molecular complexity index is 3490. The molecule has 0 saturated carbocycles. The van der Waals surface area contributed by atoms with E-state index in [4.69, 9.17) is 9.97 Å². The zero-order chi connectivity index (χ0) is 45.7. The second-order valence-corrected chi connectivity index (χ2v) is 19.2. The molecule has 0 aliphatic heterocycles. The number of phenolic OH excluding ortho intramolecular Hbond substituents is 1. The lowest BCUT2D eigenvalue weighted by Gasteiger charge is -2.26. The minimum atomic E-state index is -0.0523. The second-order valence-electron chi connectivity index (χ2n) is 19.2. The normalized spacial score (nSPS) is 11.8. The molecule has 10 aromatic rings. The van der Waals surface area contributed by atoms with Gasteiger partial charge in [-0.25, -0.2) is 4.98 Å². The summed E-state index contributed by atoms with van der Waals surface area (Å²) in [7, 11) is 0. The van der Waals surface area contributed by atoms with E-state index in [0.29, 0.717) is 16.8 Å². The average molecular weight is 855 g/mol. The Morgan fingerprint density at radius 1 is 0.470 bits per heavy atom. The molecule has 66 heavy (non-hydrogen) atoms. The van der Waals surface area contributed by atoms with Gasteiger partial charge >= 0.3 is 0 Å². The fourth-order valence-corrected chi connectivity index (χ4v) is 9.02. The highest BCUT2D eigenvalue weighted by molar-refractivity contribution is 6.14. The number of pyridine rings is 2. The van der Waals surface area contributed by atoms with E-state index in [0.717, 1.165) is 72.6 Å². The molecule has 0 unspecified atom stereocenters. The predicted octanol–water partition coefficient (Wildman–Crippen LogP) is 15.7. The van der Waals surface area contributed by atoms with Crippen molar-refractivity contribution in [2.75, 3.05) is 0 Å². The third kappa shape index (κ3) is 7.92. The minimum Gasteiger partial charge on any atom is -0.507 e. The molecule has 5 nitrogen and oxygen atoms in total. The van der Waals surface area contributed by atoms with Gasteiger partial charge in [-0.3, -0.25) is 4.98 Å². The minimum absolute atomic E-state index is 0.0523. The van der Waals surface area contributed by atoms with E-state index >= 15 is 0 Å². The summed E-state index contributed by atoms with van der Waals surface area (Å²) >= 11 is 0. The molecule has 5 heteroatoms. The maximum atomic E-state index is 11.1. The van der Waals surface area contributed by atoms with Crippen LogP contribution < -0.4 is 0 Å². The van der Waals surface area contributed by atoms with Gasteiger partial charge in [-0.1, -0.05) is 151 Å². The maximum absolute atomic E-state index is 11.1. The predicted molar refractivity (Wildman–Crippen MR) is 273 cm³/mol. The maximum Gasteiger partial charge on any atom is 0.124 e. The SMILES string of the molecule is CC(C)(C)c1cc(-c2cc(-c3cccc(-c4cc(-c5cccc6c7ccccc7n(-c7ccc(-c8cccc(C#N)c8)cc7)c56)ccn4)c3)nc(-c3ccccc3O)c2)cc(C(C)(C)C)c1. The zero-order valence-corrected chi connectivity index (χ0v) is 38.1. The van der Waals surface area contributed by atoms with Crippen molar-refractivity contribution in [2.24, 2.45) is 0 Å². The van der Waals surface area contributed by atoms with Crippen molar-refractivity contribution >= 4 is 21.8 Å². The number of aromatic nitrogens is 3. The molecular formula is C61H50N4O. The van der Waals surface area contributed by atoms with Crippen LogP contribution in [0.2, 0.25) is 0 Å². The van der Waals surface area contributed by atoms with Gasteiger partial charge in [0.25, 0.3) is 0 Å². The number of nitrogens with zero attached hydrogens (tertiary/aromatic N) is 4. The Kier molecular flexibility index (Phi) is 10.5. The summed E-state index contributed by atoms with van der Waals surface area (Å²) in [5, 5.41) is 23.0. The Morgan fingerprint density at radius 2 is 1.08 bits per heavy atom. The van der Waals surface area contributed by atoms with Gasteiger partial charge in [-0.2, -0.15) is 5.26 Å². The van der Waals surface area contributed by atoms with Crippen LogP contribution >= 0.6 is 0 Å². The van der Waals surface area contributed by atoms with Gasteiger partial charge in [0.2, 0.25) is 0 Å². The number of hydrogen-bond donors (Lipinski definition) is 1. The van der Waals surface area contributed by atoms with Gasteiger partial charge in [0, 0.05) is 44.9 Å². The molecule has 0 spiro atoms. The molecule has 10 rings (SSSR count). The van der Waals surface area contributed by atoms with Gasteiger partial charge in [0.05, 0.1) is 39.7 Å². The molecule has 0 saturated heterocycles. The van der Waals surface area contributed by atoms with E-state index in [-0.39, 0.29) is 16.6 Å². The van der Waals surface area contributed by atoms with Crippen LogP contribution in [0.1, 0.15) is 58.2 Å². The lowest BCUT2D eigenvalue weighted by atomic mass is 9.79. The molecule has 0 aliphatic carbocycles. The van der Waals surface area contributed by atoms with Crippen LogP contribution in [-0.4, -0.2) is 19.6 Å². The van der Waals surface area contributed by atoms with Crippen LogP contribution in [0.15, 0.2) is 188 Å². The van der Waals surface area contributed by atoms with Crippen LogP contribution in [0.5, 0.6) is 5.75 Å². The fraction of sp³-hybridized carbons (Fsp3) is 0.131. The molecule has 0 aliphatic rings. The van der Waals surface area contributed by atoms with Gasteiger partial charge < -0.3 is 9.67 Å². The molecule has 3 heterocycles. The standard InChI is InChI=1S/C61H50N4O/c1-60(2,3)47-32-45(33-48(37-47)61(4,5)6)46-35-55(64-56(36-46)53-19-8-10-23-58(53)66)44-17-12-16-43(31-44)54-34-42(28-29-63-54)50-20-13-21-52-51-18-7-9-22-57(51)65(59(50)52)49-26-24-40(25-27-49)41-15-11-14-39(30-41)38-62/h7-37,66H,1-6H3. The fourth-order valence-electron chi connectivity index (χ4n) is 9.02. The van der Waals surface area contributed by atoms with E-state index in [1.54, 1.807) is 6.07 Å². The Labute approximate surface area is 387 Å². The third-order valence-corrected chi connectivity index (χ3v) is 12.7. The molecule has 1 N–H and O–H groups in total. The van der Waals surface area contributed by atoms with Crippen molar-refractivity contribution in [2.45, 2.75) is 52.4 Å². The smallest absolute Gasteiger partial charge is 0.124 e. The summed E-state index contributed by atoms with van der Waals surface area (Å²) < 4.78 is 2.36. The van der Waals surface area contributed by atoms with Gasteiger partial charge in [0.1, 0.15) is 5.75 Å². The number of rotatable bonds is 7. The largest absolute Gasteiger partial charge is 0.507 e. The number of para-hydroxylation sites is 3. The molecule has 0 amide bonds. The number of nitriles is 1. The topological polar surface area (TPSA) is 74.7 Å². The van der Waals surface area contributed by atoms with Crippen molar-refractivity contribution in [1.29, 1.82) is 5.26 Å².